The normalized spacial score (nSPS) is 10.4. The molecular weight excluding hydrogens is 164 g/mol. The molecule has 0 aromatic carbocycles. The van der Waals surface area contributed by atoms with E-state index in [2.05, 4.69) is 23.3 Å². The van der Waals surface area contributed by atoms with Crippen molar-refractivity contribution in [3.05, 3.63) is 11.4 Å². The first-order valence-corrected chi connectivity index (χ1v) is 4.54. The maximum absolute atomic E-state index is 8.91. The van der Waals surface area contributed by atoms with Crippen molar-refractivity contribution in [3.63, 3.8) is 0 Å². The molecule has 13 heavy (non-hydrogen) atoms. The van der Waals surface area contributed by atoms with Crippen LogP contribution >= 0.6 is 0 Å². The molecule has 0 saturated heterocycles. The zero-order valence-corrected chi connectivity index (χ0v) is 8.28. The molecule has 0 aliphatic heterocycles. The number of nitrogens with zero attached hydrogens (tertiary/aromatic N) is 4. The second kappa shape index (κ2) is 4.04. The van der Waals surface area contributed by atoms with Crippen LogP contribution in [0, 0.1) is 11.3 Å². The van der Waals surface area contributed by atoms with Gasteiger partial charge in [-0.3, -0.25) is 0 Å². The molecule has 0 amide bonds. The molecule has 0 bridgehead atoms. The monoisotopic (exact) mass is 178 g/mol. The van der Waals surface area contributed by atoms with Gasteiger partial charge in [0.15, 0.2) is 5.69 Å². The van der Waals surface area contributed by atoms with E-state index in [4.69, 9.17) is 5.26 Å². The van der Waals surface area contributed by atoms with Gasteiger partial charge in [-0.2, -0.15) is 5.26 Å². The van der Waals surface area contributed by atoms with E-state index in [1.54, 1.807) is 4.68 Å². The van der Waals surface area contributed by atoms with E-state index < -0.39 is 0 Å². The van der Waals surface area contributed by atoms with Crippen molar-refractivity contribution in [2.24, 2.45) is 0 Å². The van der Waals surface area contributed by atoms with Crippen molar-refractivity contribution in [2.45, 2.75) is 39.7 Å². The van der Waals surface area contributed by atoms with Gasteiger partial charge < -0.3 is 0 Å². The van der Waals surface area contributed by atoms with Crippen LogP contribution in [0.3, 0.4) is 0 Å². The van der Waals surface area contributed by atoms with E-state index >= 15 is 0 Å². The molecule has 4 heteroatoms. The smallest absolute Gasteiger partial charge is 0.162 e. The fourth-order valence-electron chi connectivity index (χ4n) is 1.20. The zero-order chi connectivity index (χ0) is 9.84. The highest BCUT2D eigenvalue weighted by molar-refractivity contribution is 5.27. The molecule has 0 aliphatic rings. The Morgan fingerprint density at radius 2 is 2.23 bits per heavy atom. The van der Waals surface area contributed by atoms with Crippen LogP contribution in [0.2, 0.25) is 0 Å². The van der Waals surface area contributed by atoms with E-state index in [1.807, 2.05) is 13.8 Å². The molecule has 0 unspecified atom stereocenters. The topological polar surface area (TPSA) is 54.5 Å². The fraction of sp³-hybridized carbons (Fsp3) is 0.667. The van der Waals surface area contributed by atoms with Gasteiger partial charge in [0.25, 0.3) is 0 Å². The molecule has 70 valence electrons. The molecule has 1 rings (SSSR count). The summed E-state index contributed by atoms with van der Waals surface area (Å²) in [5.41, 5.74) is 1.41. The summed E-state index contributed by atoms with van der Waals surface area (Å²) in [6, 6.07) is 2.15. The number of nitriles is 1. The lowest BCUT2D eigenvalue weighted by molar-refractivity contribution is 0.573. The molecule has 0 fully saturated rings. The van der Waals surface area contributed by atoms with Crippen molar-refractivity contribution < 1.29 is 0 Å². The summed E-state index contributed by atoms with van der Waals surface area (Å²) in [7, 11) is 0. The predicted octanol–water partition coefficient (Wildman–Crippen LogP) is 1.68. The largest absolute Gasteiger partial charge is 0.234 e. The van der Waals surface area contributed by atoms with Gasteiger partial charge >= 0.3 is 0 Å². The third-order valence-corrected chi connectivity index (χ3v) is 1.85. The molecular formula is C9H14N4. The Bertz CT molecular complexity index is 319. The Morgan fingerprint density at radius 1 is 1.54 bits per heavy atom. The maximum atomic E-state index is 8.91. The van der Waals surface area contributed by atoms with Crippen molar-refractivity contribution >= 4 is 0 Å². The summed E-state index contributed by atoms with van der Waals surface area (Å²) in [5.74, 6) is 0.264. The maximum Gasteiger partial charge on any atom is 0.162 e. The van der Waals surface area contributed by atoms with Crippen molar-refractivity contribution in [3.8, 4) is 6.07 Å². The van der Waals surface area contributed by atoms with Gasteiger partial charge in [0.05, 0.1) is 0 Å². The summed E-state index contributed by atoms with van der Waals surface area (Å²) in [6.45, 7) is 6.85. The first-order valence-electron chi connectivity index (χ1n) is 4.54. The van der Waals surface area contributed by atoms with Crippen LogP contribution in [0.5, 0.6) is 0 Å². The van der Waals surface area contributed by atoms with E-state index in [0.29, 0.717) is 5.69 Å². The summed E-state index contributed by atoms with van der Waals surface area (Å²) >= 11 is 0. The SMILES string of the molecule is CCCn1nnc(C(C)C)c1C#N. The van der Waals surface area contributed by atoms with Gasteiger partial charge in [-0.1, -0.05) is 26.0 Å². The van der Waals surface area contributed by atoms with Crippen LogP contribution in [0.4, 0.5) is 0 Å². The molecule has 1 aromatic rings. The van der Waals surface area contributed by atoms with Gasteiger partial charge in [0.2, 0.25) is 0 Å². The van der Waals surface area contributed by atoms with Gasteiger partial charge in [-0.15, -0.1) is 5.10 Å². The van der Waals surface area contributed by atoms with Crippen molar-refractivity contribution in [1.29, 1.82) is 5.26 Å². The molecule has 0 N–H and O–H groups in total. The average Bonchev–Trinajstić information content (AvgIpc) is 2.48. The lowest BCUT2D eigenvalue weighted by Gasteiger charge is -2.00. The third-order valence-electron chi connectivity index (χ3n) is 1.85. The zero-order valence-electron chi connectivity index (χ0n) is 8.28. The van der Waals surface area contributed by atoms with Gasteiger partial charge in [-0.05, 0) is 6.42 Å². The lowest BCUT2D eigenvalue weighted by atomic mass is 10.1. The molecule has 4 nitrogen and oxygen atoms in total. The Kier molecular flexibility index (Phi) is 3.02. The number of aromatic nitrogens is 3. The molecule has 0 radical (unpaired) electrons. The second-order valence-electron chi connectivity index (χ2n) is 3.31. The summed E-state index contributed by atoms with van der Waals surface area (Å²) in [4.78, 5) is 0. The number of aryl methyl sites for hydroxylation is 1. The summed E-state index contributed by atoms with van der Waals surface area (Å²) in [5, 5.41) is 16.9. The van der Waals surface area contributed by atoms with Crippen LogP contribution in [-0.4, -0.2) is 15.0 Å². The molecule has 1 aromatic heterocycles. The summed E-state index contributed by atoms with van der Waals surface area (Å²) < 4.78 is 1.68. The Hall–Kier alpha value is -1.37. The van der Waals surface area contributed by atoms with Crippen LogP contribution < -0.4 is 0 Å². The second-order valence-corrected chi connectivity index (χ2v) is 3.31. The summed E-state index contributed by atoms with van der Waals surface area (Å²) in [6.07, 6.45) is 0.968. The van der Waals surface area contributed by atoms with E-state index in [1.165, 1.54) is 0 Å². The average molecular weight is 178 g/mol. The highest BCUT2D eigenvalue weighted by Crippen LogP contribution is 2.15. The van der Waals surface area contributed by atoms with Gasteiger partial charge in [-0.25, -0.2) is 4.68 Å². The minimum atomic E-state index is 0.264. The van der Waals surface area contributed by atoms with E-state index in [-0.39, 0.29) is 5.92 Å². The quantitative estimate of drug-likeness (QED) is 0.707. The Balaban J connectivity index is 3.05. The number of hydrogen-bond acceptors (Lipinski definition) is 3. The predicted molar refractivity (Wildman–Crippen MR) is 49.1 cm³/mol. The third kappa shape index (κ3) is 1.86. The molecule has 0 aliphatic carbocycles. The van der Waals surface area contributed by atoms with Gasteiger partial charge in [0.1, 0.15) is 11.8 Å². The number of hydrogen-bond donors (Lipinski definition) is 0. The number of rotatable bonds is 3. The van der Waals surface area contributed by atoms with E-state index in [0.717, 1.165) is 18.7 Å². The van der Waals surface area contributed by atoms with E-state index in [9.17, 15) is 0 Å². The first kappa shape index (κ1) is 9.72. The standard InChI is InChI=1S/C9H14N4/c1-4-5-13-8(6-10)9(7(2)3)11-12-13/h7H,4-5H2,1-3H3. The Morgan fingerprint density at radius 3 is 2.69 bits per heavy atom. The molecule has 0 atom stereocenters. The molecule has 0 spiro atoms. The van der Waals surface area contributed by atoms with Crippen LogP contribution in [0.1, 0.15) is 44.5 Å². The lowest BCUT2D eigenvalue weighted by Crippen LogP contribution is -2.03. The fourth-order valence-corrected chi connectivity index (χ4v) is 1.20. The molecule has 1 heterocycles. The van der Waals surface area contributed by atoms with Crippen LogP contribution in [0.25, 0.3) is 0 Å². The van der Waals surface area contributed by atoms with Gasteiger partial charge in [0, 0.05) is 12.5 Å². The van der Waals surface area contributed by atoms with Crippen molar-refractivity contribution in [2.75, 3.05) is 0 Å². The van der Waals surface area contributed by atoms with Crippen molar-refractivity contribution in [1.82, 2.24) is 15.0 Å². The minimum absolute atomic E-state index is 0.264. The molecule has 0 saturated carbocycles. The highest BCUT2D eigenvalue weighted by atomic mass is 15.4. The Labute approximate surface area is 78.2 Å². The van der Waals surface area contributed by atoms with Crippen LogP contribution in [-0.2, 0) is 6.54 Å². The highest BCUT2D eigenvalue weighted by Gasteiger charge is 2.14. The van der Waals surface area contributed by atoms with Crippen LogP contribution in [0.15, 0.2) is 0 Å². The first-order chi connectivity index (χ1) is 6.20. The minimum Gasteiger partial charge on any atom is -0.234 e.